The molecule has 2 aromatic carbocycles. The zero-order valence-electron chi connectivity index (χ0n) is 15.5. The average molecular weight is 438 g/mol. The van der Waals surface area contributed by atoms with Crippen LogP contribution in [0.4, 0.5) is 37.7 Å². The number of rotatable bonds is 5. The second kappa shape index (κ2) is 8.40. The Hall–Kier alpha value is -3.99. The maximum atomic E-state index is 13.3. The molecule has 0 radical (unpaired) electrons. The first-order valence-corrected chi connectivity index (χ1v) is 8.27. The Balaban J connectivity index is 2.74. The summed E-state index contributed by atoms with van der Waals surface area (Å²) in [6.07, 6.45) is -9.84. The highest BCUT2D eigenvalue weighted by atomic mass is 19.4. The summed E-state index contributed by atoms with van der Waals surface area (Å²) in [7, 11) is 0. The molecule has 2 aromatic rings. The minimum Gasteiger partial charge on any atom is -0.366 e. The van der Waals surface area contributed by atoms with E-state index in [2.05, 4.69) is 6.58 Å². The summed E-state index contributed by atoms with van der Waals surface area (Å²) in [6.45, 7) is 2.85. The van der Waals surface area contributed by atoms with E-state index in [9.17, 15) is 31.1 Å². The molecule has 0 atom stereocenters. The van der Waals surface area contributed by atoms with E-state index in [1.54, 1.807) is 0 Å². The molecule has 0 fully saturated rings. The average Bonchev–Trinajstić information content (AvgIpc) is 2.69. The van der Waals surface area contributed by atoms with E-state index in [0.717, 1.165) is 29.2 Å². The van der Waals surface area contributed by atoms with Crippen molar-refractivity contribution in [3.8, 4) is 12.1 Å². The molecule has 0 saturated heterocycles. The highest BCUT2D eigenvalue weighted by Crippen LogP contribution is 2.39. The molecule has 5 nitrogen and oxygen atoms in total. The second-order valence-corrected chi connectivity index (χ2v) is 6.23. The molecule has 0 aromatic heterocycles. The number of amides is 1. The first-order chi connectivity index (χ1) is 14.3. The molecule has 0 bridgehead atoms. The molecule has 0 aliphatic rings. The minimum atomic E-state index is -4.92. The van der Waals surface area contributed by atoms with Crippen molar-refractivity contribution < 1.29 is 31.1 Å². The van der Waals surface area contributed by atoms with Gasteiger partial charge in [0.1, 0.15) is 0 Å². The number of carbonyl (C=O) groups is 1. The molecule has 2 N–H and O–H groups in total. The van der Waals surface area contributed by atoms with Crippen LogP contribution in [0.25, 0.3) is 0 Å². The lowest BCUT2D eigenvalue weighted by Crippen LogP contribution is -2.27. The number of hydrogen-bond donors (Lipinski definition) is 1. The van der Waals surface area contributed by atoms with Gasteiger partial charge in [-0.2, -0.15) is 36.9 Å². The number of carbonyl (C=O) groups excluding carboxylic acids is 1. The van der Waals surface area contributed by atoms with Crippen LogP contribution in [0.5, 0.6) is 0 Å². The minimum absolute atomic E-state index is 0.272. The molecule has 1 amide bonds. The molecule has 0 heterocycles. The molecule has 0 unspecified atom stereocenters. The Morgan fingerprint density at radius 2 is 1.29 bits per heavy atom. The summed E-state index contributed by atoms with van der Waals surface area (Å²) >= 11 is 0. The van der Waals surface area contributed by atoms with Crippen LogP contribution in [-0.2, 0) is 17.1 Å². The van der Waals surface area contributed by atoms with Gasteiger partial charge in [0.05, 0.1) is 40.9 Å². The number of anilines is 2. The van der Waals surface area contributed by atoms with Crippen LogP contribution in [0.2, 0.25) is 0 Å². The highest BCUT2D eigenvalue weighted by Gasteiger charge is 2.36. The highest BCUT2D eigenvalue weighted by molar-refractivity contribution is 5.92. The first-order valence-electron chi connectivity index (χ1n) is 8.27. The van der Waals surface area contributed by atoms with Crippen molar-refractivity contribution in [1.29, 1.82) is 10.5 Å². The zero-order valence-corrected chi connectivity index (χ0v) is 15.5. The number of primary amides is 1. The van der Waals surface area contributed by atoms with E-state index >= 15 is 0 Å². The van der Waals surface area contributed by atoms with Gasteiger partial charge in [-0.15, -0.1) is 0 Å². The van der Waals surface area contributed by atoms with Gasteiger partial charge in [0, 0.05) is 16.9 Å². The van der Waals surface area contributed by atoms with E-state index in [-0.39, 0.29) is 16.9 Å². The Labute approximate surface area is 172 Å². The van der Waals surface area contributed by atoms with E-state index in [4.69, 9.17) is 16.3 Å². The summed E-state index contributed by atoms with van der Waals surface area (Å²) in [5, 5.41) is 17.9. The molecule has 31 heavy (non-hydrogen) atoms. The lowest BCUT2D eigenvalue weighted by atomic mass is 10.0. The van der Waals surface area contributed by atoms with Crippen molar-refractivity contribution >= 4 is 17.3 Å². The summed E-state index contributed by atoms with van der Waals surface area (Å²) in [6, 6.07) is 7.79. The maximum absolute atomic E-state index is 13.3. The molecule has 0 aliphatic carbocycles. The van der Waals surface area contributed by atoms with Crippen molar-refractivity contribution in [3.63, 3.8) is 0 Å². The van der Waals surface area contributed by atoms with Crippen molar-refractivity contribution in [2.75, 3.05) is 11.4 Å². The first kappa shape index (κ1) is 23.3. The number of nitrogens with two attached hydrogens (primary N) is 1. The predicted octanol–water partition coefficient (Wildman–Crippen LogP) is 4.65. The SMILES string of the molecule is C=C(CN(c1ccc(C#N)c(C(F)(F)F)c1)c1ccc(C#N)c(C(F)(F)F)c1)C(N)=O. The van der Waals surface area contributed by atoms with Crippen molar-refractivity contribution in [2.45, 2.75) is 12.4 Å². The number of nitrogens with zero attached hydrogens (tertiary/aromatic N) is 3. The smallest absolute Gasteiger partial charge is 0.366 e. The lowest BCUT2D eigenvalue weighted by molar-refractivity contribution is -0.138. The van der Waals surface area contributed by atoms with Gasteiger partial charge >= 0.3 is 12.4 Å². The number of nitriles is 2. The van der Waals surface area contributed by atoms with Crippen LogP contribution in [0.15, 0.2) is 48.6 Å². The fraction of sp³-hybridized carbons (Fsp3) is 0.150. The molecule has 11 heteroatoms. The summed E-state index contributed by atoms with van der Waals surface area (Å²) < 4.78 is 80.1. The number of hydrogen-bond acceptors (Lipinski definition) is 4. The van der Waals surface area contributed by atoms with Gasteiger partial charge in [-0.3, -0.25) is 4.79 Å². The van der Waals surface area contributed by atoms with Crippen LogP contribution >= 0.6 is 0 Å². The van der Waals surface area contributed by atoms with Crippen LogP contribution in [0.1, 0.15) is 22.3 Å². The Morgan fingerprint density at radius 3 is 1.58 bits per heavy atom. The van der Waals surface area contributed by atoms with Crippen LogP contribution < -0.4 is 10.6 Å². The maximum Gasteiger partial charge on any atom is 0.417 e. The van der Waals surface area contributed by atoms with Gasteiger partial charge < -0.3 is 10.6 Å². The Kier molecular flexibility index (Phi) is 6.31. The largest absolute Gasteiger partial charge is 0.417 e. The van der Waals surface area contributed by atoms with Gasteiger partial charge in [-0.05, 0) is 36.4 Å². The normalized spacial score (nSPS) is 11.4. The van der Waals surface area contributed by atoms with Gasteiger partial charge in [-0.25, -0.2) is 0 Å². The second-order valence-electron chi connectivity index (χ2n) is 6.23. The van der Waals surface area contributed by atoms with Crippen LogP contribution in [-0.4, -0.2) is 12.5 Å². The zero-order chi connectivity index (χ0) is 23.6. The van der Waals surface area contributed by atoms with E-state index in [1.165, 1.54) is 12.1 Å². The quantitative estimate of drug-likeness (QED) is 0.543. The molecular weight excluding hydrogens is 426 g/mol. The summed E-state index contributed by atoms with van der Waals surface area (Å²) in [5.41, 5.74) is 0.266. The third-order valence-corrected chi connectivity index (χ3v) is 4.18. The molecule has 0 spiro atoms. The predicted molar refractivity (Wildman–Crippen MR) is 97.7 cm³/mol. The molecule has 0 saturated carbocycles. The number of alkyl halides is 6. The van der Waals surface area contributed by atoms with Gasteiger partial charge in [0.2, 0.25) is 5.91 Å². The fourth-order valence-corrected chi connectivity index (χ4v) is 2.66. The number of benzene rings is 2. The molecule has 2 rings (SSSR count). The Morgan fingerprint density at radius 1 is 0.903 bits per heavy atom. The molecule has 160 valence electrons. The van der Waals surface area contributed by atoms with Gasteiger partial charge in [-0.1, -0.05) is 6.58 Å². The van der Waals surface area contributed by atoms with Crippen LogP contribution in [0, 0.1) is 22.7 Å². The lowest BCUT2D eigenvalue weighted by Gasteiger charge is -2.27. The summed E-state index contributed by atoms with van der Waals surface area (Å²) in [5.74, 6) is -1.01. The summed E-state index contributed by atoms with van der Waals surface area (Å²) in [4.78, 5) is 12.3. The third kappa shape index (κ3) is 5.14. The monoisotopic (exact) mass is 438 g/mol. The van der Waals surface area contributed by atoms with E-state index in [1.807, 2.05) is 0 Å². The molecule has 0 aliphatic heterocycles. The van der Waals surface area contributed by atoms with E-state index < -0.39 is 47.1 Å². The van der Waals surface area contributed by atoms with Gasteiger partial charge in [0.15, 0.2) is 0 Å². The Bertz CT molecular complexity index is 1050. The van der Waals surface area contributed by atoms with Crippen molar-refractivity contribution in [1.82, 2.24) is 0 Å². The third-order valence-electron chi connectivity index (χ3n) is 4.18. The topological polar surface area (TPSA) is 93.9 Å². The standard InChI is InChI=1S/C20H12F6N4O/c1-11(18(29)31)10-30(14-4-2-12(8-27)16(6-14)19(21,22)23)15-5-3-13(9-28)17(7-15)20(24,25)26/h2-7H,1,10H2,(H2,29,31). The number of halogens is 6. The van der Waals surface area contributed by atoms with Crippen molar-refractivity contribution in [2.24, 2.45) is 5.73 Å². The van der Waals surface area contributed by atoms with E-state index in [0.29, 0.717) is 12.1 Å². The molecular formula is C20H12F6N4O. The fourth-order valence-electron chi connectivity index (χ4n) is 2.66. The van der Waals surface area contributed by atoms with Gasteiger partial charge in [0.25, 0.3) is 0 Å². The van der Waals surface area contributed by atoms with Crippen molar-refractivity contribution in [3.05, 3.63) is 70.8 Å². The van der Waals surface area contributed by atoms with Crippen LogP contribution in [0.3, 0.4) is 0 Å².